The third-order valence-electron chi connectivity index (χ3n) is 2.97. The number of nitrogens with zero attached hydrogens (tertiary/aromatic N) is 1. The maximum absolute atomic E-state index is 12.2. The number of carbonyl (C=O) groups excluding carboxylic acids is 1. The van der Waals surface area contributed by atoms with Crippen LogP contribution in [0.15, 0.2) is 18.2 Å². The Bertz CT molecular complexity index is 684. The van der Waals surface area contributed by atoms with Gasteiger partial charge in [-0.25, -0.2) is 0 Å². The topological polar surface area (TPSA) is 46.3 Å². The molecule has 0 fully saturated rings. The lowest BCUT2D eigenvalue weighted by Crippen LogP contribution is -2.30. The van der Waals surface area contributed by atoms with E-state index in [9.17, 15) is 18.0 Å². The molecule has 1 amide bonds. The molecule has 1 aromatic carbocycles. The Morgan fingerprint density at radius 3 is 2.67 bits per heavy atom. The molecule has 0 saturated carbocycles. The van der Waals surface area contributed by atoms with Gasteiger partial charge in [0, 0.05) is 23.7 Å². The summed E-state index contributed by atoms with van der Waals surface area (Å²) >= 11 is 7.16. The van der Waals surface area contributed by atoms with E-state index in [0.717, 1.165) is 20.9 Å². The van der Waals surface area contributed by atoms with Gasteiger partial charge in [0.15, 0.2) is 0 Å². The van der Waals surface area contributed by atoms with Crippen molar-refractivity contribution in [2.24, 2.45) is 0 Å². The van der Waals surface area contributed by atoms with Crippen LogP contribution in [-0.4, -0.2) is 30.6 Å². The van der Waals surface area contributed by atoms with Crippen LogP contribution >= 0.6 is 22.9 Å². The van der Waals surface area contributed by atoms with Crippen molar-refractivity contribution in [3.63, 3.8) is 0 Å². The molecular weight excluding hydrogens is 325 g/mol. The molecule has 0 aliphatic carbocycles. The largest absolute Gasteiger partial charge is 0.397 e. The number of thiophene rings is 1. The molecule has 0 saturated heterocycles. The third kappa shape index (κ3) is 3.41. The zero-order valence-electron chi connectivity index (χ0n) is 11.0. The van der Waals surface area contributed by atoms with E-state index in [0.29, 0.717) is 10.4 Å². The highest BCUT2D eigenvalue weighted by Gasteiger charge is 2.29. The van der Waals surface area contributed by atoms with Crippen LogP contribution in [0.4, 0.5) is 18.9 Å². The summed E-state index contributed by atoms with van der Waals surface area (Å²) in [5, 5.41) is 0.981. The van der Waals surface area contributed by atoms with Gasteiger partial charge in [-0.1, -0.05) is 17.7 Å². The number of anilines is 1. The van der Waals surface area contributed by atoms with Crippen molar-refractivity contribution in [2.75, 3.05) is 19.3 Å². The van der Waals surface area contributed by atoms with Crippen molar-refractivity contribution in [3.05, 3.63) is 28.1 Å². The molecule has 0 spiro atoms. The number of halogens is 4. The summed E-state index contributed by atoms with van der Waals surface area (Å²) < 4.78 is 37.3. The lowest BCUT2D eigenvalue weighted by molar-refractivity contribution is -0.136. The van der Waals surface area contributed by atoms with Crippen LogP contribution in [0.25, 0.3) is 10.1 Å². The summed E-state index contributed by atoms with van der Waals surface area (Å²) in [6, 6.07) is 5.13. The molecule has 0 aliphatic rings. The maximum Gasteiger partial charge on any atom is 0.390 e. The predicted molar refractivity (Wildman–Crippen MR) is 78.9 cm³/mol. The van der Waals surface area contributed by atoms with Gasteiger partial charge in [0.2, 0.25) is 0 Å². The van der Waals surface area contributed by atoms with Crippen molar-refractivity contribution >= 4 is 44.6 Å². The fourth-order valence-corrected chi connectivity index (χ4v) is 3.33. The number of nitrogen functional groups attached to an aromatic ring is 1. The quantitative estimate of drug-likeness (QED) is 0.914. The summed E-state index contributed by atoms with van der Waals surface area (Å²) in [6.07, 6.45) is -5.36. The Labute approximate surface area is 128 Å². The van der Waals surface area contributed by atoms with Crippen LogP contribution in [0.2, 0.25) is 5.02 Å². The number of rotatable bonds is 3. The second kappa shape index (κ2) is 5.73. The van der Waals surface area contributed by atoms with Gasteiger partial charge in [-0.2, -0.15) is 13.2 Å². The first-order valence-corrected chi connectivity index (χ1v) is 7.19. The summed E-state index contributed by atoms with van der Waals surface area (Å²) in [5.41, 5.74) is 6.13. The van der Waals surface area contributed by atoms with Crippen molar-refractivity contribution in [1.82, 2.24) is 4.90 Å². The number of benzene rings is 1. The Balaban J connectivity index is 2.27. The molecule has 0 aliphatic heterocycles. The van der Waals surface area contributed by atoms with E-state index in [1.807, 2.05) is 0 Å². The molecule has 114 valence electrons. The Morgan fingerprint density at radius 2 is 2.10 bits per heavy atom. The van der Waals surface area contributed by atoms with Gasteiger partial charge in [-0.3, -0.25) is 4.79 Å². The highest BCUT2D eigenvalue weighted by atomic mass is 35.5. The lowest BCUT2D eigenvalue weighted by atomic mass is 10.2. The number of carbonyl (C=O) groups is 1. The van der Waals surface area contributed by atoms with E-state index < -0.39 is 25.0 Å². The van der Waals surface area contributed by atoms with E-state index in [1.54, 1.807) is 18.2 Å². The Hall–Kier alpha value is -1.47. The summed E-state index contributed by atoms with van der Waals surface area (Å²) in [4.78, 5) is 13.4. The molecule has 8 heteroatoms. The van der Waals surface area contributed by atoms with Crippen LogP contribution in [0.1, 0.15) is 16.1 Å². The average molecular weight is 337 g/mol. The molecule has 2 N–H and O–H groups in total. The molecule has 0 bridgehead atoms. The molecular formula is C13H12ClF3N2OS. The first-order valence-electron chi connectivity index (χ1n) is 5.99. The average Bonchev–Trinajstić information content (AvgIpc) is 2.73. The highest BCUT2D eigenvalue weighted by molar-refractivity contribution is 7.21. The monoisotopic (exact) mass is 336 g/mol. The number of amides is 1. The number of hydrogen-bond acceptors (Lipinski definition) is 3. The summed E-state index contributed by atoms with van der Waals surface area (Å²) in [7, 11) is 1.32. The minimum Gasteiger partial charge on any atom is -0.397 e. The van der Waals surface area contributed by atoms with Gasteiger partial charge >= 0.3 is 6.18 Å². The van der Waals surface area contributed by atoms with Crippen LogP contribution in [0.5, 0.6) is 0 Å². The van der Waals surface area contributed by atoms with E-state index >= 15 is 0 Å². The van der Waals surface area contributed by atoms with Crippen molar-refractivity contribution in [1.29, 1.82) is 0 Å². The molecule has 0 radical (unpaired) electrons. The van der Waals surface area contributed by atoms with E-state index in [2.05, 4.69) is 0 Å². The minimum atomic E-state index is -4.30. The Morgan fingerprint density at radius 1 is 1.43 bits per heavy atom. The maximum atomic E-state index is 12.2. The van der Waals surface area contributed by atoms with Crippen molar-refractivity contribution < 1.29 is 18.0 Å². The molecule has 0 unspecified atom stereocenters. The van der Waals surface area contributed by atoms with Crippen LogP contribution in [0, 0.1) is 0 Å². The molecule has 2 aromatic rings. The number of fused-ring (bicyclic) bond motifs is 1. The van der Waals surface area contributed by atoms with Gasteiger partial charge in [-0.05, 0) is 12.1 Å². The standard InChI is InChI=1S/C13H12ClF3N2OS/c1-19(6-5-13(15,16)17)12(20)11-10(18)9-7(14)3-2-4-8(9)21-11/h2-4H,5-6,18H2,1H3. The fourth-order valence-electron chi connectivity index (χ4n) is 1.86. The number of alkyl halides is 3. The molecule has 1 aromatic heterocycles. The van der Waals surface area contributed by atoms with Gasteiger partial charge in [-0.15, -0.1) is 11.3 Å². The van der Waals surface area contributed by atoms with Gasteiger partial charge in [0.25, 0.3) is 5.91 Å². The van der Waals surface area contributed by atoms with Crippen molar-refractivity contribution in [2.45, 2.75) is 12.6 Å². The van der Waals surface area contributed by atoms with Gasteiger partial charge in [0.05, 0.1) is 17.1 Å². The predicted octanol–water partition coefficient (Wildman–Crippen LogP) is 4.16. The summed E-state index contributed by atoms with van der Waals surface area (Å²) in [6.45, 7) is -0.413. The lowest BCUT2D eigenvalue weighted by Gasteiger charge is -2.17. The zero-order chi connectivity index (χ0) is 15.8. The van der Waals surface area contributed by atoms with E-state index in [1.165, 1.54) is 7.05 Å². The smallest absolute Gasteiger partial charge is 0.390 e. The molecule has 0 atom stereocenters. The fraction of sp³-hybridized carbons (Fsp3) is 0.308. The van der Waals surface area contributed by atoms with Crippen molar-refractivity contribution in [3.8, 4) is 0 Å². The SMILES string of the molecule is CN(CCC(F)(F)F)C(=O)c1sc2cccc(Cl)c2c1N. The second-order valence-electron chi connectivity index (χ2n) is 4.55. The summed E-state index contributed by atoms with van der Waals surface area (Å²) in [5.74, 6) is -0.533. The molecule has 21 heavy (non-hydrogen) atoms. The normalized spacial score (nSPS) is 11.9. The van der Waals surface area contributed by atoms with Crippen LogP contribution in [-0.2, 0) is 0 Å². The zero-order valence-corrected chi connectivity index (χ0v) is 12.6. The first-order chi connectivity index (χ1) is 9.70. The van der Waals surface area contributed by atoms with Crippen LogP contribution < -0.4 is 5.73 Å². The highest BCUT2D eigenvalue weighted by Crippen LogP contribution is 2.38. The molecule has 1 heterocycles. The molecule has 3 nitrogen and oxygen atoms in total. The third-order valence-corrected chi connectivity index (χ3v) is 4.45. The number of hydrogen-bond donors (Lipinski definition) is 1. The Kier molecular flexibility index (Phi) is 4.34. The van der Waals surface area contributed by atoms with E-state index in [-0.39, 0.29) is 10.6 Å². The first kappa shape index (κ1) is 15.9. The minimum absolute atomic E-state index is 0.211. The number of nitrogens with two attached hydrogens (primary N) is 1. The molecule has 2 rings (SSSR count). The van der Waals surface area contributed by atoms with E-state index in [4.69, 9.17) is 17.3 Å². The van der Waals surface area contributed by atoms with Gasteiger partial charge in [0.1, 0.15) is 4.88 Å². The second-order valence-corrected chi connectivity index (χ2v) is 6.01. The van der Waals surface area contributed by atoms with Gasteiger partial charge < -0.3 is 10.6 Å². The van der Waals surface area contributed by atoms with Crippen LogP contribution in [0.3, 0.4) is 0 Å².